The van der Waals surface area contributed by atoms with E-state index in [9.17, 15) is 19.5 Å². The number of aliphatic carboxylic acids is 1. The zero-order valence-corrected chi connectivity index (χ0v) is 15.9. The molecule has 0 aliphatic heterocycles. The van der Waals surface area contributed by atoms with Gasteiger partial charge in [0, 0.05) is 11.3 Å². The van der Waals surface area contributed by atoms with E-state index in [1.807, 2.05) is 18.2 Å². The van der Waals surface area contributed by atoms with Gasteiger partial charge in [-0.3, -0.25) is 14.4 Å². The Bertz CT molecular complexity index is 924. The zero-order chi connectivity index (χ0) is 20.5. The maximum atomic E-state index is 12.6. The summed E-state index contributed by atoms with van der Waals surface area (Å²) in [5, 5.41) is 14.8. The molecule has 2 aromatic rings. The molecule has 0 radical (unpaired) electrons. The van der Waals surface area contributed by atoms with Crippen LogP contribution in [0, 0.1) is 17.3 Å². The zero-order valence-electron chi connectivity index (χ0n) is 15.9. The standard InChI is InChI=1S/C21H22N2O5/c1-21(2)16(17(21)20(26)27)19(25)23-14-11-12(9-10-15(14)28-3)18(24)22-13-7-5-4-6-8-13/h4-11,16-17H,1-3H3,(H,22,24)(H,23,25)(H,26,27). The summed E-state index contributed by atoms with van der Waals surface area (Å²) in [4.78, 5) is 36.4. The van der Waals surface area contributed by atoms with Gasteiger partial charge >= 0.3 is 5.97 Å². The lowest BCUT2D eigenvalue weighted by molar-refractivity contribution is -0.140. The number of carbonyl (C=O) groups excluding carboxylic acids is 2. The lowest BCUT2D eigenvalue weighted by atomic mass is 10.1. The number of carbonyl (C=O) groups is 3. The monoisotopic (exact) mass is 382 g/mol. The second-order valence-corrected chi connectivity index (χ2v) is 7.34. The molecule has 1 saturated carbocycles. The Kier molecular flexibility index (Phi) is 5.09. The van der Waals surface area contributed by atoms with Gasteiger partial charge in [0.1, 0.15) is 5.75 Å². The van der Waals surface area contributed by atoms with Crippen molar-refractivity contribution in [2.45, 2.75) is 13.8 Å². The predicted octanol–water partition coefficient (Wildman–Crippen LogP) is 3.24. The van der Waals surface area contributed by atoms with Crippen LogP contribution in [0.4, 0.5) is 11.4 Å². The number of nitrogens with one attached hydrogen (secondary N) is 2. The topological polar surface area (TPSA) is 105 Å². The summed E-state index contributed by atoms with van der Waals surface area (Å²) in [5.41, 5.74) is 0.689. The second kappa shape index (κ2) is 7.34. The molecule has 0 spiro atoms. The first kappa shape index (κ1) is 19.4. The quantitative estimate of drug-likeness (QED) is 0.711. The molecule has 0 saturated heterocycles. The lowest BCUT2D eigenvalue weighted by Crippen LogP contribution is -2.19. The van der Waals surface area contributed by atoms with Crippen LogP contribution >= 0.6 is 0 Å². The minimum atomic E-state index is -0.992. The summed E-state index contributed by atoms with van der Waals surface area (Å²) < 4.78 is 5.26. The van der Waals surface area contributed by atoms with Gasteiger partial charge in [-0.15, -0.1) is 0 Å². The maximum absolute atomic E-state index is 12.6. The normalized spacial score (nSPS) is 19.4. The van der Waals surface area contributed by atoms with Crippen LogP contribution in [0.15, 0.2) is 48.5 Å². The third kappa shape index (κ3) is 3.69. The van der Waals surface area contributed by atoms with Crippen LogP contribution in [0.25, 0.3) is 0 Å². The van der Waals surface area contributed by atoms with Gasteiger partial charge in [-0.05, 0) is 35.7 Å². The fraction of sp³-hybridized carbons (Fsp3) is 0.286. The lowest BCUT2D eigenvalue weighted by Gasteiger charge is -2.13. The van der Waals surface area contributed by atoms with Gasteiger partial charge in [-0.2, -0.15) is 0 Å². The number of rotatable bonds is 6. The van der Waals surface area contributed by atoms with E-state index in [0.717, 1.165) is 0 Å². The third-order valence-electron chi connectivity index (χ3n) is 5.13. The van der Waals surface area contributed by atoms with Crippen LogP contribution in [0.1, 0.15) is 24.2 Å². The molecule has 1 fully saturated rings. The Morgan fingerprint density at radius 1 is 1.00 bits per heavy atom. The van der Waals surface area contributed by atoms with E-state index in [1.165, 1.54) is 13.2 Å². The van der Waals surface area contributed by atoms with Crippen molar-refractivity contribution in [3.63, 3.8) is 0 Å². The molecular formula is C21H22N2O5. The number of amides is 2. The van der Waals surface area contributed by atoms with Crippen molar-refractivity contribution in [2.24, 2.45) is 17.3 Å². The molecule has 1 aliphatic rings. The highest BCUT2D eigenvalue weighted by atomic mass is 16.5. The number of benzene rings is 2. The smallest absolute Gasteiger partial charge is 0.307 e. The first-order valence-corrected chi connectivity index (χ1v) is 8.84. The van der Waals surface area contributed by atoms with Gasteiger partial charge in [-0.1, -0.05) is 32.0 Å². The van der Waals surface area contributed by atoms with Crippen LogP contribution < -0.4 is 15.4 Å². The fourth-order valence-corrected chi connectivity index (χ4v) is 3.47. The Hall–Kier alpha value is -3.35. The van der Waals surface area contributed by atoms with Crippen LogP contribution in [-0.2, 0) is 9.59 Å². The van der Waals surface area contributed by atoms with Crippen molar-refractivity contribution < 1.29 is 24.2 Å². The second-order valence-electron chi connectivity index (χ2n) is 7.34. The largest absolute Gasteiger partial charge is 0.495 e. The van der Waals surface area contributed by atoms with Crippen molar-refractivity contribution in [3.8, 4) is 5.75 Å². The van der Waals surface area contributed by atoms with Crippen molar-refractivity contribution in [2.75, 3.05) is 17.7 Å². The Balaban J connectivity index is 1.79. The van der Waals surface area contributed by atoms with E-state index in [1.54, 1.807) is 38.1 Å². The van der Waals surface area contributed by atoms with E-state index < -0.39 is 29.1 Å². The molecule has 3 N–H and O–H groups in total. The number of hydrogen-bond donors (Lipinski definition) is 3. The van der Waals surface area contributed by atoms with Gasteiger partial charge in [0.05, 0.1) is 24.6 Å². The fourth-order valence-electron chi connectivity index (χ4n) is 3.47. The van der Waals surface area contributed by atoms with E-state index in [4.69, 9.17) is 4.74 Å². The number of para-hydroxylation sites is 1. The molecule has 146 valence electrons. The molecule has 2 unspecified atom stereocenters. The first-order valence-electron chi connectivity index (χ1n) is 8.84. The summed E-state index contributed by atoms with van der Waals surface area (Å²) in [6, 6.07) is 13.7. The SMILES string of the molecule is COc1ccc(C(=O)Nc2ccccc2)cc1NC(=O)C1C(C(=O)O)C1(C)C. The summed E-state index contributed by atoms with van der Waals surface area (Å²) in [6.07, 6.45) is 0. The highest BCUT2D eigenvalue weighted by Gasteiger charge is 2.65. The molecule has 3 rings (SSSR count). The molecule has 2 amide bonds. The molecular weight excluding hydrogens is 360 g/mol. The van der Waals surface area contributed by atoms with Gasteiger partial charge in [-0.25, -0.2) is 0 Å². The third-order valence-corrected chi connectivity index (χ3v) is 5.13. The summed E-state index contributed by atoms with van der Waals surface area (Å²) in [7, 11) is 1.45. The van der Waals surface area contributed by atoms with Crippen LogP contribution in [0.2, 0.25) is 0 Å². The Morgan fingerprint density at radius 3 is 2.25 bits per heavy atom. The van der Waals surface area contributed by atoms with Gasteiger partial charge in [0.15, 0.2) is 0 Å². The average Bonchev–Trinajstić information content (AvgIpc) is 3.25. The Morgan fingerprint density at radius 2 is 1.68 bits per heavy atom. The van der Waals surface area contributed by atoms with Crippen molar-refractivity contribution in [1.29, 1.82) is 0 Å². The number of ether oxygens (including phenoxy) is 1. The number of carboxylic acids is 1. The molecule has 1 aliphatic carbocycles. The molecule has 28 heavy (non-hydrogen) atoms. The molecule has 7 heteroatoms. The van der Waals surface area contributed by atoms with E-state index >= 15 is 0 Å². The van der Waals surface area contributed by atoms with Gasteiger partial charge < -0.3 is 20.5 Å². The summed E-state index contributed by atoms with van der Waals surface area (Å²) in [6.45, 7) is 3.49. The Labute approximate surface area is 162 Å². The van der Waals surface area contributed by atoms with Gasteiger partial charge in [0.2, 0.25) is 5.91 Å². The molecule has 0 aromatic heterocycles. The van der Waals surface area contributed by atoms with E-state index in [2.05, 4.69) is 10.6 Å². The van der Waals surface area contributed by atoms with Crippen LogP contribution in [0.3, 0.4) is 0 Å². The van der Waals surface area contributed by atoms with E-state index in [-0.39, 0.29) is 5.91 Å². The predicted molar refractivity (Wildman–Crippen MR) is 104 cm³/mol. The molecule has 7 nitrogen and oxygen atoms in total. The highest BCUT2D eigenvalue weighted by molar-refractivity contribution is 6.06. The molecule has 2 atom stereocenters. The number of hydrogen-bond acceptors (Lipinski definition) is 4. The van der Waals surface area contributed by atoms with Gasteiger partial charge in [0.25, 0.3) is 5.91 Å². The van der Waals surface area contributed by atoms with E-state index in [0.29, 0.717) is 22.7 Å². The molecule has 0 bridgehead atoms. The molecule has 0 heterocycles. The molecule has 2 aromatic carbocycles. The maximum Gasteiger partial charge on any atom is 0.307 e. The number of methoxy groups -OCH3 is 1. The van der Waals surface area contributed by atoms with Crippen LogP contribution in [-0.4, -0.2) is 30.0 Å². The highest BCUT2D eigenvalue weighted by Crippen LogP contribution is 2.58. The first-order chi connectivity index (χ1) is 13.3. The van der Waals surface area contributed by atoms with Crippen molar-refractivity contribution in [3.05, 3.63) is 54.1 Å². The van der Waals surface area contributed by atoms with Crippen molar-refractivity contribution in [1.82, 2.24) is 0 Å². The summed E-state index contributed by atoms with van der Waals surface area (Å²) in [5.74, 6) is -2.72. The number of carboxylic acid groups (broad SMARTS) is 1. The average molecular weight is 382 g/mol. The number of anilines is 2. The van der Waals surface area contributed by atoms with Crippen molar-refractivity contribution >= 4 is 29.2 Å². The summed E-state index contributed by atoms with van der Waals surface area (Å²) >= 11 is 0. The minimum Gasteiger partial charge on any atom is -0.495 e. The van der Waals surface area contributed by atoms with Crippen LogP contribution in [0.5, 0.6) is 5.75 Å². The minimum absolute atomic E-state index is 0.319.